The average molecular weight is 340 g/mol. The van der Waals surface area contributed by atoms with Crippen LogP contribution in [0, 0.1) is 11.8 Å². The third kappa shape index (κ3) is 4.13. The smallest absolute Gasteiger partial charge is 0.255 e. The molecule has 1 aliphatic heterocycles. The Kier molecular flexibility index (Phi) is 5.26. The first-order valence-electron chi connectivity index (χ1n) is 8.81. The maximum Gasteiger partial charge on any atom is 0.255 e. The molecule has 6 nitrogen and oxygen atoms in total. The second kappa shape index (κ2) is 7.59. The highest BCUT2D eigenvalue weighted by atomic mass is 16.2. The second-order valence-corrected chi connectivity index (χ2v) is 7.07. The van der Waals surface area contributed by atoms with E-state index in [4.69, 9.17) is 0 Å². The number of nitrogens with one attached hydrogen (secondary N) is 1. The fourth-order valence-electron chi connectivity index (χ4n) is 3.26. The lowest BCUT2D eigenvalue weighted by molar-refractivity contribution is -0.124. The molecule has 1 atom stereocenters. The van der Waals surface area contributed by atoms with Crippen molar-refractivity contribution in [3.05, 3.63) is 36.3 Å². The highest BCUT2D eigenvalue weighted by Gasteiger charge is 2.29. The van der Waals surface area contributed by atoms with Crippen molar-refractivity contribution in [2.75, 3.05) is 13.1 Å². The Labute approximate surface area is 147 Å². The number of Topliss-reactive ketones (excluding diaryl/α,β-unsaturated/α-hetero) is 1. The van der Waals surface area contributed by atoms with Gasteiger partial charge in [-0.05, 0) is 30.9 Å². The molecule has 0 aliphatic carbocycles. The van der Waals surface area contributed by atoms with Gasteiger partial charge in [0.1, 0.15) is 5.78 Å². The molecule has 1 saturated heterocycles. The van der Waals surface area contributed by atoms with Crippen LogP contribution in [0.1, 0.15) is 43.5 Å². The van der Waals surface area contributed by atoms with Gasteiger partial charge in [-0.25, -0.2) is 0 Å². The van der Waals surface area contributed by atoms with Gasteiger partial charge in [0.25, 0.3) is 5.91 Å². The first-order valence-corrected chi connectivity index (χ1v) is 8.81. The zero-order valence-electron chi connectivity index (χ0n) is 14.7. The third-order valence-corrected chi connectivity index (χ3v) is 4.58. The van der Waals surface area contributed by atoms with Crippen LogP contribution in [0.2, 0.25) is 0 Å². The van der Waals surface area contributed by atoms with E-state index in [2.05, 4.69) is 29.0 Å². The number of ketones is 1. The fourth-order valence-corrected chi connectivity index (χ4v) is 3.26. The van der Waals surface area contributed by atoms with Gasteiger partial charge in [-0.2, -0.15) is 5.10 Å². The summed E-state index contributed by atoms with van der Waals surface area (Å²) in [5.74, 6) is 0.561. The average Bonchev–Trinajstić information content (AvgIpc) is 3.15. The highest BCUT2D eigenvalue weighted by Crippen LogP contribution is 2.22. The number of carbonyl (C=O) groups excluding carboxylic acids is 2. The molecule has 0 saturated carbocycles. The SMILES string of the molecule is CC(C)CC(=O)[C@@H]1CCCN(C(=O)c2ccc(-c3cn[nH]c3)nc2)C1. The third-order valence-electron chi connectivity index (χ3n) is 4.58. The topological polar surface area (TPSA) is 79.0 Å². The lowest BCUT2D eigenvalue weighted by Gasteiger charge is -2.32. The Balaban J connectivity index is 1.67. The second-order valence-electron chi connectivity index (χ2n) is 7.07. The summed E-state index contributed by atoms with van der Waals surface area (Å²) >= 11 is 0. The van der Waals surface area contributed by atoms with Gasteiger partial charge in [0, 0.05) is 43.4 Å². The molecule has 1 fully saturated rings. The molecule has 0 unspecified atom stereocenters. The Bertz CT molecular complexity index is 722. The van der Waals surface area contributed by atoms with Gasteiger partial charge in [0.15, 0.2) is 0 Å². The Hall–Kier alpha value is -2.50. The van der Waals surface area contributed by atoms with E-state index in [1.54, 1.807) is 29.6 Å². The summed E-state index contributed by atoms with van der Waals surface area (Å²) in [6.07, 6.45) is 7.41. The number of likely N-dealkylation sites (tertiary alicyclic amines) is 1. The molecule has 1 N–H and O–H groups in total. The quantitative estimate of drug-likeness (QED) is 0.907. The van der Waals surface area contributed by atoms with Gasteiger partial charge in [-0.15, -0.1) is 0 Å². The first kappa shape index (κ1) is 17.3. The van der Waals surface area contributed by atoms with E-state index in [1.807, 2.05) is 6.07 Å². The van der Waals surface area contributed by atoms with Crippen LogP contribution in [-0.2, 0) is 4.79 Å². The monoisotopic (exact) mass is 340 g/mol. The van der Waals surface area contributed by atoms with Crippen molar-refractivity contribution >= 4 is 11.7 Å². The van der Waals surface area contributed by atoms with E-state index in [1.165, 1.54) is 0 Å². The number of rotatable bonds is 5. The molecule has 6 heteroatoms. The summed E-state index contributed by atoms with van der Waals surface area (Å²) < 4.78 is 0. The van der Waals surface area contributed by atoms with E-state index in [-0.39, 0.29) is 17.6 Å². The van der Waals surface area contributed by atoms with Gasteiger partial charge >= 0.3 is 0 Å². The highest BCUT2D eigenvalue weighted by molar-refractivity contribution is 5.94. The molecule has 25 heavy (non-hydrogen) atoms. The van der Waals surface area contributed by atoms with Crippen molar-refractivity contribution < 1.29 is 9.59 Å². The molecule has 2 aromatic heterocycles. The van der Waals surface area contributed by atoms with Crippen LogP contribution >= 0.6 is 0 Å². The minimum absolute atomic E-state index is 0.0294. The Morgan fingerprint density at radius 2 is 2.16 bits per heavy atom. The number of piperidine rings is 1. The molecule has 0 radical (unpaired) electrons. The largest absolute Gasteiger partial charge is 0.338 e. The summed E-state index contributed by atoms with van der Waals surface area (Å²) in [4.78, 5) is 31.2. The van der Waals surface area contributed by atoms with E-state index < -0.39 is 0 Å². The minimum Gasteiger partial charge on any atom is -0.338 e. The van der Waals surface area contributed by atoms with Gasteiger partial charge < -0.3 is 4.90 Å². The van der Waals surface area contributed by atoms with E-state index in [0.29, 0.717) is 31.0 Å². The number of aromatic amines is 1. The van der Waals surface area contributed by atoms with Crippen molar-refractivity contribution in [1.29, 1.82) is 0 Å². The standard InChI is InChI=1S/C19H24N4O2/c1-13(2)8-18(24)15-4-3-7-23(12-15)19(25)14-5-6-17(20-9-14)16-10-21-22-11-16/h5-6,9-11,13,15H,3-4,7-8,12H2,1-2H3,(H,21,22)/t15-/m1/s1. The van der Waals surface area contributed by atoms with Crippen LogP contribution in [0.4, 0.5) is 0 Å². The number of nitrogens with zero attached hydrogens (tertiary/aromatic N) is 3. The van der Waals surface area contributed by atoms with Crippen molar-refractivity contribution in [2.24, 2.45) is 11.8 Å². The first-order chi connectivity index (χ1) is 12.0. The lowest BCUT2D eigenvalue weighted by Crippen LogP contribution is -2.42. The molecule has 132 valence electrons. The van der Waals surface area contributed by atoms with E-state index in [9.17, 15) is 9.59 Å². The molecule has 2 aromatic rings. The molecule has 0 spiro atoms. The molecule has 0 aromatic carbocycles. The van der Waals surface area contributed by atoms with E-state index >= 15 is 0 Å². The number of carbonyl (C=O) groups is 2. The summed E-state index contributed by atoms with van der Waals surface area (Å²) in [6, 6.07) is 3.61. The fraction of sp³-hybridized carbons (Fsp3) is 0.474. The van der Waals surface area contributed by atoms with Crippen LogP contribution in [0.3, 0.4) is 0 Å². The Morgan fingerprint density at radius 1 is 1.32 bits per heavy atom. The van der Waals surface area contributed by atoms with Crippen LogP contribution in [0.25, 0.3) is 11.3 Å². The molecule has 0 bridgehead atoms. The van der Waals surface area contributed by atoms with Gasteiger partial charge in [-0.1, -0.05) is 13.8 Å². The maximum atomic E-state index is 12.7. The van der Waals surface area contributed by atoms with Gasteiger partial charge in [-0.3, -0.25) is 19.7 Å². The maximum absolute atomic E-state index is 12.7. The number of hydrogen-bond acceptors (Lipinski definition) is 4. The summed E-state index contributed by atoms with van der Waals surface area (Å²) in [5, 5.41) is 6.65. The summed E-state index contributed by atoms with van der Waals surface area (Å²) in [7, 11) is 0. The summed E-state index contributed by atoms with van der Waals surface area (Å²) in [6.45, 7) is 5.33. The predicted octanol–water partition coefficient (Wildman–Crippen LogP) is 2.94. The minimum atomic E-state index is -0.0479. The molecular weight excluding hydrogens is 316 g/mol. The van der Waals surface area contributed by atoms with Crippen LogP contribution in [0.15, 0.2) is 30.7 Å². The molecule has 1 amide bonds. The Morgan fingerprint density at radius 3 is 2.80 bits per heavy atom. The molecule has 3 rings (SSSR count). The van der Waals surface area contributed by atoms with Crippen LogP contribution in [0.5, 0.6) is 0 Å². The van der Waals surface area contributed by atoms with Gasteiger partial charge in [0.05, 0.1) is 17.5 Å². The predicted molar refractivity (Wildman–Crippen MR) is 94.9 cm³/mol. The van der Waals surface area contributed by atoms with Crippen LogP contribution in [-0.4, -0.2) is 44.9 Å². The zero-order chi connectivity index (χ0) is 17.8. The number of amides is 1. The molecule has 3 heterocycles. The zero-order valence-corrected chi connectivity index (χ0v) is 14.7. The van der Waals surface area contributed by atoms with Gasteiger partial charge in [0.2, 0.25) is 0 Å². The lowest BCUT2D eigenvalue weighted by atomic mass is 9.89. The van der Waals surface area contributed by atoms with Crippen molar-refractivity contribution in [3.63, 3.8) is 0 Å². The normalized spacial score (nSPS) is 17.7. The number of aromatic nitrogens is 3. The van der Waals surface area contributed by atoms with Crippen LogP contribution < -0.4 is 0 Å². The number of H-pyrrole nitrogens is 1. The molecular formula is C19H24N4O2. The summed E-state index contributed by atoms with van der Waals surface area (Å²) in [5.41, 5.74) is 2.22. The van der Waals surface area contributed by atoms with Crippen molar-refractivity contribution in [1.82, 2.24) is 20.1 Å². The van der Waals surface area contributed by atoms with Crippen molar-refractivity contribution in [2.45, 2.75) is 33.1 Å². The molecule has 1 aliphatic rings. The number of hydrogen-bond donors (Lipinski definition) is 1. The van der Waals surface area contributed by atoms with Crippen molar-refractivity contribution in [3.8, 4) is 11.3 Å². The number of pyridine rings is 1. The van der Waals surface area contributed by atoms with E-state index in [0.717, 1.165) is 24.1 Å².